The van der Waals surface area contributed by atoms with Gasteiger partial charge >= 0.3 is 0 Å². The number of aromatic nitrogens is 4. The summed E-state index contributed by atoms with van der Waals surface area (Å²) < 4.78 is 5.69. The first-order chi connectivity index (χ1) is 16.3. The van der Waals surface area contributed by atoms with Crippen molar-refractivity contribution in [3.05, 3.63) is 22.4 Å². The molecule has 0 bridgehead atoms. The third kappa shape index (κ3) is 3.88. The van der Waals surface area contributed by atoms with E-state index in [0.717, 1.165) is 53.6 Å². The SMILES string of the molecule is CC1CN(c2cc(SNC3(C)CC3)cn3c(-c4nnc(C5(C#N)CC5)s4)nc(Cl)c23)CCN1C. The third-order valence-corrected chi connectivity index (χ3v) is 9.79. The second kappa shape index (κ2) is 8.07. The van der Waals surface area contributed by atoms with Gasteiger partial charge in [0.1, 0.15) is 15.9 Å². The maximum absolute atomic E-state index is 9.58. The molecular formula is C23H27ClN8S2. The number of nitriles is 1. The number of fused-ring (bicyclic) bond motifs is 1. The summed E-state index contributed by atoms with van der Waals surface area (Å²) in [5.74, 6) is 0.681. The minimum absolute atomic E-state index is 0.210. The molecule has 2 aliphatic carbocycles. The Morgan fingerprint density at radius 3 is 2.74 bits per heavy atom. The Balaban J connectivity index is 1.44. The zero-order chi connectivity index (χ0) is 23.7. The number of imidazole rings is 1. The number of piperazine rings is 1. The fourth-order valence-corrected chi connectivity index (χ4v) is 6.51. The van der Waals surface area contributed by atoms with E-state index in [2.05, 4.69) is 68.3 Å². The van der Waals surface area contributed by atoms with E-state index in [9.17, 15) is 5.26 Å². The van der Waals surface area contributed by atoms with Crippen LogP contribution in [0.4, 0.5) is 5.69 Å². The molecule has 0 aromatic carbocycles. The first-order valence-electron chi connectivity index (χ1n) is 11.7. The first-order valence-corrected chi connectivity index (χ1v) is 13.7. The lowest BCUT2D eigenvalue weighted by atomic mass is 10.1. The molecule has 8 nitrogen and oxygen atoms in total. The molecule has 3 aromatic heterocycles. The first kappa shape index (κ1) is 22.6. The highest BCUT2D eigenvalue weighted by Gasteiger charge is 2.48. The van der Waals surface area contributed by atoms with Crippen LogP contribution >= 0.6 is 34.9 Å². The van der Waals surface area contributed by atoms with Gasteiger partial charge in [-0.1, -0.05) is 22.9 Å². The number of pyridine rings is 1. The summed E-state index contributed by atoms with van der Waals surface area (Å²) in [6.45, 7) is 7.37. The van der Waals surface area contributed by atoms with E-state index >= 15 is 0 Å². The second-order valence-corrected chi connectivity index (χ2v) is 12.4. The number of anilines is 1. The summed E-state index contributed by atoms with van der Waals surface area (Å²) in [5.41, 5.74) is 1.74. The number of nitrogens with one attached hydrogen (secondary N) is 1. The largest absolute Gasteiger partial charge is 0.367 e. The monoisotopic (exact) mass is 514 g/mol. The van der Waals surface area contributed by atoms with Gasteiger partial charge in [0.05, 0.1) is 11.8 Å². The Kier molecular flexibility index (Phi) is 5.35. The van der Waals surface area contributed by atoms with Crippen LogP contribution in [0, 0.1) is 11.3 Å². The van der Waals surface area contributed by atoms with Gasteiger partial charge < -0.3 is 9.80 Å². The van der Waals surface area contributed by atoms with Crippen LogP contribution in [0.5, 0.6) is 0 Å². The summed E-state index contributed by atoms with van der Waals surface area (Å²) in [7, 11) is 2.18. The Labute approximate surface area is 212 Å². The maximum Gasteiger partial charge on any atom is 0.184 e. The summed E-state index contributed by atoms with van der Waals surface area (Å²) in [6.07, 6.45) is 6.17. The highest BCUT2D eigenvalue weighted by Crippen LogP contribution is 2.49. The van der Waals surface area contributed by atoms with E-state index in [0.29, 0.717) is 22.0 Å². The van der Waals surface area contributed by atoms with E-state index in [-0.39, 0.29) is 5.54 Å². The molecule has 3 fully saturated rings. The fraction of sp³-hybridized carbons (Fsp3) is 0.565. The number of hydrogen-bond acceptors (Lipinski definition) is 9. The zero-order valence-corrected chi connectivity index (χ0v) is 21.9. The molecule has 0 spiro atoms. The van der Waals surface area contributed by atoms with Crippen LogP contribution in [0.15, 0.2) is 17.2 Å². The molecule has 1 aliphatic heterocycles. The van der Waals surface area contributed by atoms with Crippen molar-refractivity contribution in [2.75, 3.05) is 31.6 Å². The molecule has 6 rings (SSSR count). The van der Waals surface area contributed by atoms with E-state index in [4.69, 9.17) is 16.6 Å². The van der Waals surface area contributed by atoms with Gasteiger partial charge in [0.15, 0.2) is 16.0 Å². The van der Waals surface area contributed by atoms with Crippen molar-refractivity contribution in [1.82, 2.24) is 29.2 Å². The summed E-state index contributed by atoms with van der Waals surface area (Å²) in [4.78, 5) is 10.7. The lowest BCUT2D eigenvalue weighted by Gasteiger charge is -2.39. The van der Waals surface area contributed by atoms with Gasteiger partial charge in [-0.2, -0.15) is 5.26 Å². The molecule has 1 atom stereocenters. The van der Waals surface area contributed by atoms with Crippen LogP contribution in [-0.2, 0) is 5.41 Å². The lowest BCUT2D eigenvalue weighted by molar-refractivity contribution is 0.234. The van der Waals surface area contributed by atoms with E-state index < -0.39 is 5.41 Å². The molecule has 1 unspecified atom stereocenters. The summed E-state index contributed by atoms with van der Waals surface area (Å²) in [6, 6.07) is 5.09. The van der Waals surface area contributed by atoms with E-state index in [1.54, 1.807) is 11.9 Å². The van der Waals surface area contributed by atoms with Gasteiger partial charge in [0.2, 0.25) is 0 Å². The molecule has 3 aromatic rings. The summed E-state index contributed by atoms with van der Waals surface area (Å²) >= 11 is 9.90. The Morgan fingerprint density at radius 1 is 1.26 bits per heavy atom. The van der Waals surface area contributed by atoms with Crippen molar-refractivity contribution >= 4 is 46.1 Å². The molecule has 11 heteroatoms. The van der Waals surface area contributed by atoms with Crippen molar-refractivity contribution in [1.29, 1.82) is 5.26 Å². The van der Waals surface area contributed by atoms with Crippen molar-refractivity contribution in [2.24, 2.45) is 0 Å². The van der Waals surface area contributed by atoms with Crippen molar-refractivity contribution in [3.63, 3.8) is 0 Å². The molecule has 4 heterocycles. The van der Waals surface area contributed by atoms with Gasteiger partial charge in [-0.15, -0.1) is 10.2 Å². The molecule has 3 aliphatic rings. The molecule has 2 saturated carbocycles. The van der Waals surface area contributed by atoms with E-state index in [1.807, 2.05) is 0 Å². The molecule has 34 heavy (non-hydrogen) atoms. The van der Waals surface area contributed by atoms with Crippen LogP contribution in [0.1, 0.15) is 44.5 Å². The number of hydrogen-bond donors (Lipinski definition) is 1. The van der Waals surface area contributed by atoms with Crippen LogP contribution < -0.4 is 9.62 Å². The average Bonchev–Trinajstić information content (AvgIpc) is 3.70. The van der Waals surface area contributed by atoms with Crippen LogP contribution in [0.25, 0.3) is 16.3 Å². The maximum atomic E-state index is 9.58. The highest BCUT2D eigenvalue weighted by molar-refractivity contribution is 7.97. The number of rotatable bonds is 6. The predicted octanol–water partition coefficient (Wildman–Crippen LogP) is 4.35. The molecule has 178 valence electrons. The van der Waals surface area contributed by atoms with Gasteiger partial charge in [0.25, 0.3) is 0 Å². The Bertz CT molecular complexity index is 1300. The zero-order valence-electron chi connectivity index (χ0n) is 19.5. The van der Waals surface area contributed by atoms with Gasteiger partial charge in [-0.05, 0) is 64.6 Å². The number of nitrogens with zero attached hydrogens (tertiary/aromatic N) is 7. The Hall–Kier alpha value is -1.90. The van der Waals surface area contributed by atoms with Crippen LogP contribution in [0.3, 0.4) is 0 Å². The quantitative estimate of drug-likeness (QED) is 0.486. The molecule has 1 saturated heterocycles. The Morgan fingerprint density at radius 2 is 2.06 bits per heavy atom. The topological polar surface area (TPSA) is 85.4 Å². The normalized spacial score (nSPS) is 23.3. The minimum Gasteiger partial charge on any atom is -0.367 e. The molecule has 0 radical (unpaired) electrons. The minimum atomic E-state index is -0.460. The standard InChI is InChI=1S/C23H27ClN8S2/c1-14-11-31(9-8-30(14)3)16-10-15(34-29-22(2)4-5-22)12-32-17(16)18(24)26-19(32)20-27-28-21(33-20)23(13-25)6-7-23/h10,12,14,29H,4-9,11H2,1-3H3. The lowest BCUT2D eigenvalue weighted by Crippen LogP contribution is -2.50. The smallest absolute Gasteiger partial charge is 0.184 e. The molecule has 1 N–H and O–H groups in total. The summed E-state index contributed by atoms with van der Waals surface area (Å²) in [5, 5.41) is 20.3. The highest BCUT2D eigenvalue weighted by atomic mass is 35.5. The van der Waals surface area contributed by atoms with E-state index in [1.165, 1.54) is 24.2 Å². The number of halogens is 1. The van der Waals surface area contributed by atoms with Crippen LogP contribution in [-0.4, -0.2) is 62.7 Å². The third-order valence-electron chi connectivity index (χ3n) is 7.35. The average molecular weight is 515 g/mol. The van der Waals surface area contributed by atoms with Crippen molar-refractivity contribution < 1.29 is 0 Å². The van der Waals surface area contributed by atoms with Crippen LogP contribution in [0.2, 0.25) is 5.15 Å². The van der Waals surface area contributed by atoms with Crippen molar-refractivity contribution in [3.8, 4) is 16.9 Å². The van der Waals surface area contributed by atoms with Gasteiger partial charge in [0, 0.05) is 42.3 Å². The van der Waals surface area contributed by atoms with Gasteiger partial charge in [-0.25, -0.2) is 4.98 Å². The van der Waals surface area contributed by atoms with Gasteiger partial charge in [-0.3, -0.25) is 9.12 Å². The van der Waals surface area contributed by atoms with Crippen molar-refractivity contribution in [2.45, 2.75) is 61.4 Å². The fourth-order valence-electron chi connectivity index (χ4n) is 4.32. The molecular weight excluding hydrogens is 488 g/mol. The number of likely N-dealkylation sites (N-methyl/N-ethyl adjacent to an activating group) is 1. The molecule has 0 amide bonds. The predicted molar refractivity (Wildman–Crippen MR) is 137 cm³/mol. The second-order valence-electron chi connectivity index (χ2n) is 10.2.